The molecule has 0 spiro atoms. The van der Waals surface area contributed by atoms with Gasteiger partial charge in [0.15, 0.2) is 0 Å². The number of allylic oxidation sites excluding steroid dienone is 4. The minimum atomic E-state index is -3.49. The Balaban J connectivity index is 0.000000232. The molecule has 0 heterocycles. The van der Waals surface area contributed by atoms with E-state index in [1.165, 1.54) is 12.8 Å². The second-order valence-electron chi connectivity index (χ2n) is 14.9. The number of carbonyl (C=O) groups excluding carboxylic acids is 2. The van der Waals surface area contributed by atoms with E-state index >= 15 is 0 Å². The summed E-state index contributed by atoms with van der Waals surface area (Å²) in [7, 11) is -6.99. The maximum atomic E-state index is 12.7. The minimum Gasteiger partial charge on any atom is -0.550 e. The molecule has 0 aromatic heterocycles. The number of hydrogen-bond acceptors (Lipinski definition) is 8. The summed E-state index contributed by atoms with van der Waals surface area (Å²) in [4.78, 5) is 21.5. The molecule has 6 rings (SSSR count). The summed E-state index contributed by atoms with van der Waals surface area (Å²) in [5.74, 6) is 0.635. The van der Waals surface area contributed by atoms with Gasteiger partial charge in [0.05, 0.1) is 9.79 Å². The summed E-state index contributed by atoms with van der Waals surface area (Å²) in [6.07, 6.45) is 19.4. The Hall–Kier alpha value is -2.06. The van der Waals surface area contributed by atoms with Crippen molar-refractivity contribution in [2.75, 3.05) is 0 Å². The molecule has 2 N–H and O–H groups in total. The fourth-order valence-corrected chi connectivity index (χ4v) is 11.8. The number of carboxylic acid groups (broad SMARTS) is 2. The number of carboxylic acids is 2. The molecule has 4 aliphatic carbocycles. The Morgan fingerprint density at radius 2 is 0.943 bits per heavy atom. The summed E-state index contributed by atoms with van der Waals surface area (Å²) in [5.41, 5.74) is 0. The van der Waals surface area contributed by atoms with E-state index in [2.05, 4.69) is 21.6 Å². The number of sulfonamides is 2. The smallest absolute Gasteiger partial charge is 0.550 e. The van der Waals surface area contributed by atoms with Crippen LogP contribution in [0.2, 0.25) is 0 Å². The average Bonchev–Trinajstić information content (AvgIpc) is 3.92. The van der Waals surface area contributed by atoms with Gasteiger partial charge in [0, 0.05) is 24.0 Å². The van der Waals surface area contributed by atoms with Crippen LogP contribution in [0.5, 0.6) is 0 Å². The molecule has 10 nitrogen and oxygen atoms in total. The fraction of sp³-hybridized carbons (Fsp3) is 0.550. The number of rotatable bonds is 18. The Morgan fingerprint density at radius 1 is 0.585 bits per heavy atom. The van der Waals surface area contributed by atoms with E-state index in [1.807, 2.05) is 24.3 Å². The molecule has 2 aromatic rings. The Bertz CT molecular complexity index is 1630. The largest absolute Gasteiger partial charge is 2.00 e. The van der Waals surface area contributed by atoms with E-state index in [9.17, 15) is 36.6 Å². The normalized spacial score (nSPS) is 27.5. The first-order valence-electron chi connectivity index (χ1n) is 18.8. The van der Waals surface area contributed by atoms with Crippen LogP contribution in [0, 0.1) is 35.5 Å². The van der Waals surface area contributed by atoms with Crippen molar-refractivity contribution < 1.29 is 36.6 Å². The number of aliphatic carboxylic acids is 2. The van der Waals surface area contributed by atoms with Crippen molar-refractivity contribution in [2.24, 2.45) is 35.5 Å². The van der Waals surface area contributed by atoms with Gasteiger partial charge in [-0.25, -0.2) is 26.3 Å². The predicted molar refractivity (Wildman–Crippen MR) is 201 cm³/mol. The number of benzene rings is 2. The van der Waals surface area contributed by atoms with Crippen LogP contribution in [0.25, 0.3) is 0 Å². The van der Waals surface area contributed by atoms with Gasteiger partial charge in [-0.2, -0.15) is 0 Å². The first kappa shape index (κ1) is 43.7. The maximum Gasteiger partial charge on any atom is 2.00 e. The van der Waals surface area contributed by atoms with Gasteiger partial charge in [-0.05, 0) is 150 Å². The second-order valence-corrected chi connectivity index (χ2v) is 18.3. The third kappa shape index (κ3) is 12.5. The Kier molecular flexibility index (Phi) is 17.1. The fourth-order valence-electron chi connectivity index (χ4n) is 9.03. The van der Waals surface area contributed by atoms with Gasteiger partial charge in [0.25, 0.3) is 0 Å². The maximum absolute atomic E-state index is 12.7. The van der Waals surface area contributed by atoms with Gasteiger partial charge in [0.2, 0.25) is 20.0 Å². The van der Waals surface area contributed by atoms with Crippen molar-refractivity contribution in [3.63, 3.8) is 0 Å². The first-order valence-corrected chi connectivity index (χ1v) is 21.8. The van der Waals surface area contributed by atoms with E-state index in [0.717, 1.165) is 51.4 Å². The van der Waals surface area contributed by atoms with Crippen LogP contribution in [0.1, 0.15) is 89.9 Å². The molecule has 13 heteroatoms. The quantitative estimate of drug-likeness (QED) is 0.129. The van der Waals surface area contributed by atoms with Gasteiger partial charge in [0.1, 0.15) is 0 Å². The monoisotopic (exact) mass is 792 g/mol. The van der Waals surface area contributed by atoms with Crippen molar-refractivity contribution in [3.8, 4) is 0 Å². The minimum absolute atomic E-state index is 0. The SMILES string of the molecule is O=C([O-])CCC/C=C/C[C@H]1[C@@H]2CC[C@@H](C2)[C@@H]1NS(=O)(=O)c1ccccc1.O=C([O-])CCC/C=C/C[C@H]1[C@@H]2CC[C@@H](C2)[C@@H]1NS(=O)(=O)c1ccccc1.[Ca+2]. The van der Waals surface area contributed by atoms with Gasteiger partial charge in [-0.3, -0.25) is 0 Å². The van der Waals surface area contributed by atoms with Crippen LogP contribution in [0.4, 0.5) is 0 Å². The molecule has 0 amide bonds. The van der Waals surface area contributed by atoms with E-state index in [-0.39, 0.29) is 62.7 Å². The van der Waals surface area contributed by atoms with E-state index in [0.29, 0.717) is 58.1 Å². The molecule has 0 radical (unpaired) electrons. The van der Waals surface area contributed by atoms with Gasteiger partial charge in [-0.15, -0.1) is 0 Å². The van der Waals surface area contributed by atoms with E-state index in [1.54, 1.807) is 48.5 Å². The van der Waals surface area contributed by atoms with Crippen LogP contribution in [0.15, 0.2) is 94.8 Å². The van der Waals surface area contributed by atoms with Crippen molar-refractivity contribution in [1.29, 1.82) is 0 Å². The number of carbonyl (C=O) groups is 2. The Morgan fingerprint density at radius 3 is 1.30 bits per heavy atom. The van der Waals surface area contributed by atoms with Crippen molar-refractivity contribution >= 4 is 69.7 Å². The zero-order valence-corrected chi connectivity index (χ0v) is 34.2. The molecule has 4 bridgehead atoms. The van der Waals surface area contributed by atoms with Crippen molar-refractivity contribution in [3.05, 3.63) is 85.0 Å². The van der Waals surface area contributed by atoms with Crippen LogP contribution in [0.3, 0.4) is 0 Å². The average molecular weight is 793 g/mol. The van der Waals surface area contributed by atoms with Gasteiger partial charge < -0.3 is 19.8 Å². The van der Waals surface area contributed by atoms with Gasteiger partial charge in [-0.1, -0.05) is 60.7 Å². The zero-order chi connectivity index (χ0) is 37.1. The zero-order valence-electron chi connectivity index (χ0n) is 30.4. The van der Waals surface area contributed by atoms with E-state index in [4.69, 9.17) is 0 Å². The molecule has 4 saturated carbocycles. The number of fused-ring (bicyclic) bond motifs is 4. The van der Waals surface area contributed by atoms with Crippen molar-refractivity contribution in [1.82, 2.24) is 9.44 Å². The second kappa shape index (κ2) is 20.7. The third-order valence-corrected chi connectivity index (χ3v) is 14.5. The molecule has 4 aliphatic rings. The molecule has 0 aliphatic heterocycles. The summed E-state index contributed by atoms with van der Waals surface area (Å²) in [6, 6.07) is 17.1. The van der Waals surface area contributed by atoms with Crippen LogP contribution < -0.4 is 19.7 Å². The molecule has 284 valence electrons. The molecule has 0 saturated heterocycles. The third-order valence-electron chi connectivity index (χ3n) is 11.5. The van der Waals surface area contributed by atoms with Crippen LogP contribution in [-0.2, 0) is 29.6 Å². The van der Waals surface area contributed by atoms with Crippen molar-refractivity contribution in [2.45, 2.75) is 112 Å². The summed E-state index contributed by atoms with van der Waals surface area (Å²) in [5, 5.41) is 20.8. The molecule has 2 aromatic carbocycles. The van der Waals surface area contributed by atoms with Crippen LogP contribution >= 0.6 is 0 Å². The Labute approximate surface area is 345 Å². The van der Waals surface area contributed by atoms with E-state index < -0.39 is 32.0 Å². The summed E-state index contributed by atoms with van der Waals surface area (Å²) in [6.45, 7) is 0. The topological polar surface area (TPSA) is 173 Å². The van der Waals surface area contributed by atoms with Crippen LogP contribution in [-0.4, -0.2) is 78.6 Å². The number of nitrogens with one attached hydrogen (secondary N) is 2. The molecule has 0 unspecified atom stereocenters. The standard InChI is InChI=1S/2C20H27NO4S.Ca/c2*22-19(23)11-7-2-1-6-10-18-15-12-13-16(14-15)20(18)21-26(24,25)17-8-4-3-5-9-17;/h2*1,3-6,8-9,15-16,18,20-21H,2,7,10-14H2,(H,22,23);/q;;+2/p-2/b2*6-1+;/t2*15-,16+,18+,20+;/m11./s1. The first-order chi connectivity index (χ1) is 24.9. The number of unbranched alkanes of at least 4 members (excludes halogenated alkanes) is 2. The predicted octanol–water partition coefficient (Wildman–Crippen LogP) is 4.11. The van der Waals surface area contributed by atoms with Gasteiger partial charge >= 0.3 is 37.7 Å². The molecule has 4 fully saturated rings. The summed E-state index contributed by atoms with van der Waals surface area (Å²) < 4.78 is 56.7. The molecular weight excluding hydrogens is 741 g/mol. The molecule has 8 atom stereocenters. The summed E-state index contributed by atoms with van der Waals surface area (Å²) >= 11 is 0. The number of hydrogen-bond donors (Lipinski definition) is 2. The molecular formula is C40H52CaN2O8S2. The molecule has 53 heavy (non-hydrogen) atoms.